The van der Waals surface area contributed by atoms with Crippen LogP contribution in [0.2, 0.25) is 5.02 Å². The largest absolute Gasteiger partial charge is 0.480 e. The molecule has 0 aliphatic carbocycles. The normalized spacial score (nSPS) is 23.9. The average molecular weight is 340 g/mol. The zero-order chi connectivity index (χ0) is 15.1. The molecule has 20 heavy (non-hydrogen) atoms. The van der Waals surface area contributed by atoms with Crippen LogP contribution in [0.15, 0.2) is 23.1 Å². The van der Waals surface area contributed by atoms with Gasteiger partial charge in [0.1, 0.15) is 16.8 Å². The van der Waals surface area contributed by atoms with Crippen molar-refractivity contribution in [3.05, 3.63) is 29.0 Å². The van der Waals surface area contributed by atoms with E-state index in [0.717, 1.165) is 16.4 Å². The van der Waals surface area contributed by atoms with Crippen molar-refractivity contribution in [2.24, 2.45) is 0 Å². The number of carbonyl (C=O) groups is 1. The van der Waals surface area contributed by atoms with E-state index in [-0.39, 0.29) is 10.8 Å². The van der Waals surface area contributed by atoms with Gasteiger partial charge in [0.2, 0.25) is 10.0 Å². The predicted molar refractivity (Wildman–Crippen MR) is 73.8 cm³/mol. The summed E-state index contributed by atoms with van der Waals surface area (Å²) in [5.74, 6) is -2.11. The monoisotopic (exact) mass is 339 g/mol. The van der Waals surface area contributed by atoms with Crippen molar-refractivity contribution in [2.45, 2.75) is 23.2 Å². The number of carboxylic acids is 1. The molecular formula is C11H11ClFNO4S2. The van der Waals surface area contributed by atoms with E-state index in [1.165, 1.54) is 17.8 Å². The van der Waals surface area contributed by atoms with Crippen molar-refractivity contribution >= 4 is 39.4 Å². The molecule has 2 rings (SSSR count). The van der Waals surface area contributed by atoms with Gasteiger partial charge in [-0.2, -0.15) is 4.31 Å². The van der Waals surface area contributed by atoms with Gasteiger partial charge in [0.25, 0.3) is 0 Å². The van der Waals surface area contributed by atoms with Crippen LogP contribution in [0, 0.1) is 5.82 Å². The molecule has 1 heterocycles. The number of halogens is 2. The molecule has 1 saturated heterocycles. The number of sulfonamides is 1. The lowest BCUT2D eigenvalue weighted by Gasteiger charge is -2.24. The summed E-state index contributed by atoms with van der Waals surface area (Å²) in [5.41, 5.74) is 0. The fraction of sp³-hybridized carbons (Fsp3) is 0.364. The molecule has 0 amide bonds. The van der Waals surface area contributed by atoms with Crippen LogP contribution in [-0.4, -0.2) is 41.0 Å². The Bertz CT molecular complexity index is 652. The van der Waals surface area contributed by atoms with Gasteiger partial charge < -0.3 is 5.11 Å². The van der Waals surface area contributed by atoms with Crippen molar-refractivity contribution in [2.75, 3.05) is 5.75 Å². The Morgan fingerprint density at radius 1 is 1.55 bits per heavy atom. The summed E-state index contributed by atoms with van der Waals surface area (Å²) in [4.78, 5) is 10.6. The lowest BCUT2D eigenvalue weighted by Crippen LogP contribution is -2.44. The number of rotatable bonds is 3. The Morgan fingerprint density at radius 3 is 2.75 bits per heavy atom. The topological polar surface area (TPSA) is 74.7 Å². The summed E-state index contributed by atoms with van der Waals surface area (Å²) in [7, 11) is -4.23. The summed E-state index contributed by atoms with van der Waals surface area (Å²) >= 11 is 6.78. The maximum Gasteiger partial charge on any atom is 0.322 e. The summed E-state index contributed by atoms with van der Waals surface area (Å²) in [5, 5.41) is 8.59. The number of hydrogen-bond acceptors (Lipinski definition) is 4. The fourth-order valence-electron chi connectivity index (χ4n) is 1.97. The minimum Gasteiger partial charge on any atom is -0.480 e. The van der Waals surface area contributed by atoms with Gasteiger partial charge in [0.05, 0.1) is 5.37 Å². The van der Waals surface area contributed by atoms with E-state index in [0.29, 0.717) is 0 Å². The van der Waals surface area contributed by atoms with Crippen LogP contribution in [0.1, 0.15) is 6.92 Å². The minimum absolute atomic E-state index is 0.0695. The lowest BCUT2D eigenvalue weighted by atomic mass is 10.3. The molecule has 0 saturated carbocycles. The van der Waals surface area contributed by atoms with Crippen LogP contribution in [0.5, 0.6) is 0 Å². The van der Waals surface area contributed by atoms with E-state index >= 15 is 0 Å². The molecule has 2 unspecified atom stereocenters. The highest BCUT2D eigenvalue weighted by Gasteiger charge is 2.45. The molecule has 1 aliphatic heterocycles. The first-order chi connectivity index (χ1) is 9.25. The highest BCUT2D eigenvalue weighted by atomic mass is 35.5. The summed E-state index contributed by atoms with van der Waals surface area (Å²) in [6.07, 6.45) is 0. The Hall–Kier alpha value is -0.830. The van der Waals surface area contributed by atoms with Crippen LogP contribution in [0.4, 0.5) is 4.39 Å². The Labute approximate surface area is 124 Å². The fourth-order valence-corrected chi connectivity index (χ4v) is 5.47. The Balaban J connectivity index is 2.51. The predicted octanol–water partition coefficient (Wildman–Crippen LogP) is 2.02. The van der Waals surface area contributed by atoms with Crippen molar-refractivity contribution in [3.8, 4) is 0 Å². The smallest absolute Gasteiger partial charge is 0.322 e. The van der Waals surface area contributed by atoms with E-state index in [1.54, 1.807) is 6.92 Å². The third-order valence-electron chi connectivity index (χ3n) is 2.90. The van der Waals surface area contributed by atoms with E-state index in [4.69, 9.17) is 16.7 Å². The molecule has 0 radical (unpaired) electrons. The van der Waals surface area contributed by atoms with E-state index < -0.39 is 38.1 Å². The van der Waals surface area contributed by atoms with Gasteiger partial charge in [0.15, 0.2) is 0 Å². The number of aliphatic carboxylic acids is 1. The van der Waals surface area contributed by atoms with E-state index in [1.807, 2.05) is 0 Å². The Kier molecular flexibility index (Phi) is 4.29. The van der Waals surface area contributed by atoms with Gasteiger partial charge in [-0.05, 0) is 25.1 Å². The molecule has 1 aromatic carbocycles. The van der Waals surface area contributed by atoms with Crippen LogP contribution < -0.4 is 0 Å². The molecule has 0 aromatic heterocycles. The third-order valence-corrected chi connectivity index (χ3v) is 6.49. The molecule has 1 N–H and O–H groups in total. The summed E-state index contributed by atoms with van der Waals surface area (Å²) in [6.45, 7) is 1.57. The summed E-state index contributed by atoms with van der Waals surface area (Å²) in [6, 6.07) is 1.98. The van der Waals surface area contributed by atoms with E-state index in [9.17, 15) is 17.6 Å². The first kappa shape index (κ1) is 15.6. The molecule has 5 nitrogen and oxygen atoms in total. The molecular weight excluding hydrogens is 329 g/mol. The first-order valence-electron chi connectivity index (χ1n) is 5.58. The molecule has 110 valence electrons. The standard InChI is InChI=1S/C11H11ClFNO4S2/c1-6-14(9(5-19-6)11(15)16)20(17,18)10-3-2-7(12)4-8(10)13/h2-4,6,9H,5H2,1H3,(H,15,16). The molecule has 2 atom stereocenters. The highest BCUT2D eigenvalue weighted by Crippen LogP contribution is 2.35. The lowest BCUT2D eigenvalue weighted by molar-refractivity contribution is -0.140. The van der Waals surface area contributed by atoms with Gasteiger partial charge in [-0.3, -0.25) is 4.79 Å². The van der Waals surface area contributed by atoms with Gasteiger partial charge in [-0.1, -0.05) is 11.6 Å². The number of nitrogens with zero attached hydrogens (tertiary/aromatic N) is 1. The molecule has 1 aliphatic rings. The maximum atomic E-state index is 13.8. The number of thioether (sulfide) groups is 1. The molecule has 0 bridgehead atoms. The van der Waals surface area contributed by atoms with Crippen molar-refractivity contribution in [3.63, 3.8) is 0 Å². The second-order valence-corrected chi connectivity index (χ2v) is 7.79. The van der Waals surface area contributed by atoms with Crippen LogP contribution in [-0.2, 0) is 14.8 Å². The molecule has 0 spiro atoms. The van der Waals surface area contributed by atoms with Gasteiger partial charge in [-0.15, -0.1) is 11.8 Å². The second kappa shape index (κ2) is 5.51. The molecule has 1 fully saturated rings. The molecule has 1 aromatic rings. The zero-order valence-electron chi connectivity index (χ0n) is 10.3. The van der Waals surface area contributed by atoms with Crippen molar-refractivity contribution in [1.29, 1.82) is 0 Å². The van der Waals surface area contributed by atoms with Crippen LogP contribution >= 0.6 is 23.4 Å². The van der Waals surface area contributed by atoms with Crippen molar-refractivity contribution in [1.82, 2.24) is 4.31 Å². The van der Waals surface area contributed by atoms with Gasteiger partial charge in [-0.25, -0.2) is 12.8 Å². The number of hydrogen-bond donors (Lipinski definition) is 1. The van der Waals surface area contributed by atoms with Crippen molar-refractivity contribution < 1.29 is 22.7 Å². The van der Waals surface area contributed by atoms with Crippen LogP contribution in [0.25, 0.3) is 0 Å². The maximum absolute atomic E-state index is 13.8. The molecule has 9 heteroatoms. The van der Waals surface area contributed by atoms with E-state index in [2.05, 4.69) is 0 Å². The minimum atomic E-state index is -4.23. The second-order valence-electron chi connectivity index (χ2n) is 4.20. The van der Waals surface area contributed by atoms with Gasteiger partial charge >= 0.3 is 5.97 Å². The number of benzene rings is 1. The van der Waals surface area contributed by atoms with Crippen LogP contribution in [0.3, 0.4) is 0 Å². The van der Waals surface area contributed by atoms with Gasteiger partial charge in [0, 0.05) is 10.8 Å². The first-order valence-corrected chi connectivity index (χ1v) is 8.45. The number of carboxylic acid groups (broad SMARTS) is 1. The third kappa shape index (κ3) is 2.65. The highest BCUT2D eigenvalue weighted by molar-refractivity contribution is 8.01. The Morgan fingerprint density at radius 2 is 2.20 bits per heavy atom. The average Bonchev–Trinajstić information content (AvgIpc) is 2.71. The summed E-state index contributed by atoms with van der Waals surface area (Å²) < 4.78 is 39.6. The zero-order valence-corrected chi connectivity index (χ0v) is 12.7. The SMILES string of the molecule is CC1SCC(C(=O)O)N1S(=O)(=O)c1ccc(Cl)cc1F. The quantitative estimate of drug-likeness (QED) is 0.911.